The van der Waals surface area contributed by atoms with E-state index >= 15 is 0 Å². The molecule has 0 aliphatic carbocycles. The third-order valence-electron chi connectivity index (χ3n) is 2.30. The van der Waals surface area contributed by atoms with Crippen LogP contribution >= 0.6 is 11.6 Å². The monoisotopic (exact) mass is 215 g/mol. The summed E-state index contributed by atoms with van der Waals surface area (Å²) in [7, 11) is 0. The molecule has 0 unspecified atom stereocenters. The van der Waals surface area contributed by atoms with E-state index in [4.69, 9.17) is 11.6 Å². The Morgan fingerprint density at radius 3 is 2.93 bits per heavy atom. The van der Waals surface area contributed by atoms with E-state index in [0.29, 0.717) is 23.9 Å². The summed E-state index contributed by atoms with van der Waals surface area (Å²) in [4.78, 5) is 9.87. The zero-order valence-corrected chi connectivity index (χ0v) is 8.41. The molecule has 0 spiro atoms. The van der Waals surface area contributed by atoms with Crippen LogP contribution in [0.3, 0.4) is 0 Å². The molecule has 2 heterocycles. The van der Waals surface area contributed by atoms with Gasteiger partial charge in [0, 0.05) is 18.9 Å². The first-order chi connectivity index (χ1) is 6.77. The highest BCUT2D eigenvalue weighted by atomic mass is 35.5. The maximum absolute atomic E-state index is 13.1. The summed E-state index contributed by atoms with van der Waals surface area (Å²) >= 11 is 5.87. The van der Waals surface area contributed by atoms with Crippen LogP contribution in [0, 0.1) is 0 Å². The fourth-order valence-corrected chi connectivity index (χ4v) is 1.87. The van der Waals surface area contributed by atoms with Crippen LogP contribution in [-0.2, 0) is 0 Å². The van der Waals surface area contributed by atoms with Gasteiger partial charge in [0.2, 0.25) is 0 Å². The minimum absolute atomic E-state index is 0.349. The van der Waals surface area contributed by atoms with E-state index in [9.17, 15) is 4.39 Å². The Morgan fingerprint density at radius 1 is 1.43 bits per heavy atom. The number of piperidine rings is 1. The molecule has 0 aromatic carbocycles. The Labute approximate surface area is 86.9 Å². The van der Waals surface area contributed by atoms with Crippen molar-refractivity contribution in [2.45, 2.75) is 19.0 Å². The number of halogens is 2. The van der Waals surface area contributed by atoms with Gasteiger partial charge in [0.15, 0.2) is 11.0 Å². The summed E-state index contributed by atoms with van der Waals surface area (Å²) < 4.78 is 13.1. The maximum atomic E-state index is 13.1. The van der Waals surface area contributed by atoms with Gasteiger partial charge in [0.1, 0.15) is 6.17 Å². The molecule has 1 aromatic heterocycles. The number of anilines is 1. The van der Waals surface area contributed by atoms with E-state index in [1.54, 1.807) is 6.20 Å². The predicted molar refractivity (Wildman–Crippen MR) is 53.4 cm³/mol. The zero-order chi connectivity index (χ0) is 9.97. The second-order valence-electron chi connectivity index (χ2n) is 3.36. The first-order valence-corrected chi connectivity index (χ1v) is 5.00. The lowest BCUT2D eigenvalue weighted by molar-refractivity contribution is 0.286. The summed E-state index contributed by atoms with van der Waals surface area (Å²) in [5, 5.41) is 0.349. The third-order valence-corrected chi connectivity index (χ3v) is 2.57. The first kappa shape index (κ1) is 9.65. The highest BCUT2D eigenvalue weighted by Gasteiger charge is 2.21. The lowest BCUT2D eigenvalue weighted by atomic mass is 10.1. The lowest BCUT2D eigenvalue weighted by Gasteiger charge is -2.29. The van der Waals surface area contributed by atoms with E-state index in [2.05, 4.69) is 9.97 Å². The van der Waals surface area contributed by atoms with Crippen LogP contribution in [0.5, 0.6) is 0 Å². The molecule has 5 heteroatoms. The molecule has 0 amide bonds. The molecule has 0 saturated carbocycles. The molecule has 3 nitrogen and oxygen atoms in total. The summed E-state index contributed by atoms with van der Waals surface area (Å²) in [6.07, 6.45) is 3.80. The molecule has 14 heavy (non-hydrogen) atoms. The molecule has 2 rings (SSSR count). The van der Waals surface area contributed by atoms with E-state index < -0.39 is 6.17 Å². The van der Waals surface area contributed by atoms with Crippen LogP contribution in [-0.4, -0.2) is 29.2 Å². The fourth-order valence-electron chi connectivity index (χ4n) is 1.64. The topological polar surface area (TPSA) is 29.0 Å². The molecule has 1 aliphatic heterocycles. The van der Waals surface area contributed by atoms with Gasteiger partial charge in [-0.3, -0.25) is 0 Å². The van der Waals surface area contributed by atoms with Gasteiger partial charge in [-0.1, -0.05) is 11.6 Å². The molecule has 1 fully saturated rings. The minimum Gasteiger partial charge on any atom is -0.351 e. The van der Waals surface area contributed by atoms with E-state index in [0.717, 1.165) is 13.0 Å². The van der Waals surface area contributed by atoms with Crippen LogP contribution in [0.1, 0.15) is 12.8 Å². The molecule has 1 aliphatic rings. The van der Waals surface area contributed by atoms with Crippen molar-refractivity contribution in [3.05, 3.63) is 17.5 Å². The molecule has 0 radical (unpaired) electrons. The van der Waals surface area contributed by atoms with E-state index in [1.165, 1.54) is 6.20 Å². The Morgan fingerprint density at radius 2 is 2.21 bits per heavy atom. The molecular formula is C9H11ClFN3. The molecule has 1 aromatic rings. The van der Waals surface area contributed by atoms with Crippen molar-refractivity contribution in [1.29, 1.82) is 0 Å². The van der Waals surface area contributed by atoms with E-state index in [-0.39, 0.29) is 0 Å². The SMILES string of the molecule is F[C@H]1CCCN(c2nccnc2Cl)C1. The van der Waals surface area contributed by atoms with Crippen molar-refractivity contribution in [2.75, 3.05) is 18.0 Å². The maximum Gasteiger partial charge on any atom is 0.171 e. The Bertz CT molecular complexity index is 321. The molecule has 1 atom stereocenters. The number of hydrogen-bond donors (Lipinski definition) is 0. The average Bonchev–Trinajstić information content (AvgIpc) is 2.18. The minimum atomic E-state index is -0.776. The number of hydrogen-bond acceptors (Lipinski definition) is 3. The van der Waals surface area contributed by atoms with Crippen LogP contribution < -0.4 is 4.90 Å². The number of nitrogens with zero attached hydrogens (tertiary/aromatic N) is 3. The van der Waals surface area contributed by atoms with Gasteiger partial charge in [0.25, 0.3) is 0 Å². The van der Waals surface area contributed by atoms with Crippen LogP contribution in [0.15, 0.2) is 12.4 Å². The Hall–Kier alpha value is -0.900. The van der Waals surface area contributed by atoms with Gasteiger partial charge in [0.05, 0.1) is 6.54 Å². The molecule has 1 saturated heterocycles. The third kappa shape index (κ3) is 1.95. The highest BCUT2D eigenvalue weighted by Crippen LogP contribution is 2.24. The van der Waals surface area contributed by atoms with Crippen molar-refractivity contribution in [3.8, 4) is 0 Å². The van der Waals surface area contributed by atoms with Crippen molar-refractivity contribution >= 4 is 17.4 Å². The zero-order valence-electron chi connectivity index (χ0n) is 7.66. The number of rotatable bonds is 1. The molecule has 0 N–H and O–H groups in total. The lowest BCUT2D eigenvalue weighted by Crippen LogP contribution is -2.37. The molecule has 76 valence electrons. The van der Waals surface area contributed by atoms with Crippen molar-refractivity contribution < 1.29 is 4.39 Å². The van der Waals surface area contributed by atoms with Crippen molar-refractivity contribution in [2.24, 2.45) is 0 Å². The normalized spacial score (nSPS) is 22.4. The summed E-state index contributed by atoms with van der Waals surface area (Å²) in [6, 6.07) is 0. The second-order valence-corrected chi connectivity index (χ2v) is 3.71. The summed E-state index contributed by atoms with van der Waals surface area (Å²) in [5.74, 6) is 0.594. The van der Waals surface area contributed by atoms with E-state index in [1.807, 2.05) is 4.90 Å². The Kier molecular flexibility index (Phi) is 2.82. The van der Waals surface area contributed by atoms with Gasteiger partial charge in [-0.05, 0) is 12.8 Å². The largest absolute Gasteiger partial charge is 0.351 e. The summed E-state index contributed by atoms with van der Waals surface area (Å²) in [6.45, 7) is 1.18. The number of alkyl halides is 1. The molecule has 0 bridgehead atoms. The number of aromatic nitrogens is 2. The van der Waals surface area contributed by atoms with Crippen molar-refractivity contribution in [1.82, 2.24) is 9.97 Å². The van der Waals surface area contributed by atoms with Gasteiger partial charge in [-0.2, -0.15) is 0 Å². The quantitative estimate of drug-likeness (QED) is 0.718. The van der Waals surface area contributed by atoms with Gasteiger partial charge in [-0.25, -0.2) is 14.4 Å². The van der Waals surface area contributed by atoms with Gasteiger partial charge < -0.3 is 4.90 Å². The summed E-state index contributed by atoms with van der Waals surface area (Å²) in [5.41, 5.74) is 0. The first-order valence-electron chi connectivity index (χ1n) is 4.63. The second kappa shape index (κ2) is 4.09. The predicted octanol–water partition coefficient (Wildman–Crippen LogP) is 2.07. The highest BCUT2D eigenvalue weighted by molar-refractivity contribution is 6.31. The van der Waals surface area contributed by atoms with Crippen LogP contribution in [0.2, 0.25) is 5.15 Å². The average molecular weight is 216 g/mol. The van der Waals surface area contributed by atoms with Gasteiger partial charge >= 0.3 is 0 Å². The van der Waals surface area contributed by atoms with Crippen molar-refractivity contribution in [3.63, 3.8) is 0 Å². The standard InChI is InChI=1S/C9H11ClFN3/c10-8-9(13-4-3-12-8)14-5-1-2-7(11)6-14/h3-4,7H,1-2,5-6H2/t7-/m0/s1. The van der Waals surface area contributed by atoms with Crippen LogP contribution in [0.4, 0.5) is 10.2 Å². The fraction of sp³-hybridized carbons (Fsp3) is 0.556. The van der Waals surface area contributed by atoms with Crippen LogP contribution in [0.25, 0.3) is 0 Å². The Balaban J connectivity index is 2.18. The smallest absolute Gasteiger partial charge is 0.171 e. The molecular weight excluding hydrogens is 205 g/mol. The van der Waals surface area contributed by atoms with Gasteiger partial charge in [-0.15, -0.1) is 0 Å².